The summed E-state index contributed by atoms with van der Waals surface area (Å²) in [5, 5.41) is 3.27. The summed E-state index contributed by atoms with van der Waals surface area (Å²) < 4.78 is 0. The number of nitrogens with zero attached hydrogens (tertiary/aromatic N) is 5. The van der Waals surface area contributed by atoms with E-state index >= 15 is 0 Å². The summed E-state index contributed by atoms with van der Waals surface area (Å²) in [6.07, 6.45) is 5.43. The fourth-order valence-corrected chi connectivity index (χ4v) is 3.42. The van der Waals surface area contributed by atoms with Gasteiger partial charge in [-0.3, -0.25) is 14.6 Å². The first-order valence-electron chi connectivity index (χ1n) is 9.67. The Balaban J connectivity index is 1.64. The highest BCUT2D eigenvalue weighted by molar-refractivity contribution is 6.30. The van der Waals surface area contributed by atoms with Crippen LogP contribution in [0, 0.1) is 5.92 Å². The second kappa shape index (κ2) is 9.65. The first-order chi connectivity index (χ1) is 13.9. The van der Waals surface area contributed by atoms with E-state index in [1.54, 1.807) is 29.4 Å². The standard InChI is InChI=1S/C20H25ClN6O2/c1-14(2)12-17(25-18(28)16-13-15(21)4-7-22-16)19(29)26-8-10-27(11-9-26)20-23-5-3-6-24-20/h3-7,13-14,17H,8-12H2,1-2H3,(H,25,28)/t17-/m1/s1. The lowest BCUT2D eigenvalue weighted by molar-refractivity contribution is -0.134. The number of rotatable bonds is 6. The summed E-state index contributed by atoms with van der Waals surface area (Å²) in [5.41, 5.74) is 0.199. The van der Waals surface area contributed by atoms with Crippen molar-refractivity contribution in [2.75, 3.05) is 31.1 Å². The lowest BCUT2D eigenvalue weighted by Crippen LogP contribution is -2.55. The van der Waals surface area contributed by atoms with E-state index in [4.69, 9.17) is 11.6 Å². The van der Waals surface area contributed by atoms with Gasteiger partial charge < -0.3 is 15.1 Å². The highest BCUT2D eigenvalue weighted by atomic mass is 35.5. The quantitative estimate of drug-likeness (QED) is 0.774. The third-order valence-corrected chi connectivity index (χ3v) is 4.93. The number of carbonyl (C=O) groups is 2. The molecule has 8 nitrogen and oxygen atoms in total. The second-order valence-corrected chi connectivity index (χ2v) is 7.81. The maximum absolute atomic E-state index is 13.1. The lowest BCUT2D eigenvalue weighted by atomic mass is 10.0. The van der Waals surface area contributed by atoms with Crippen LogP contribution in [0.1, 0.15) is 30.8 Å². The molecule has 2 aromatic heterocycles. The maximum Gasteiger partial charge on any atom is 0.270 e. The van der Waals surface area contributed by atoms with E-state index in [1.165, 1.54) is 12.3 Å². The van der Waals surface area contributed by atoms with Gasteiger partial charge in [0.05, 0.1) is 0 Å². The highest BCUT2D eigenvalue weighted by Gasteiger charge is 2.30. The molecule has 1 aliphatic rings. The van der Waals surface area contributed by atoms with E-state index < -0.39 is 11.9 Å². The predicted octanol–water partition coefficient (Wildman–Crippen LogP) is 2.02. The van der Waals surface area contributed by atoms with E-state index in [0.717, 1.165) is 0 Å². The first-order valence-corrected chi connectivity index (χ1v) is 10.0. The summed E-state index contributed by atoms with van der Waals surface area (Å²) in [4.78, 5) is 42.1. The van der Waals surface area contributed by atoms with Crippen LogP contribution in [0.2, 0.25) is 5.02 Å². The van der Waals surface area contributed by atoms with Gasteiger partial charge in [0, 0.05) is 49.8 Å². The fourth-order valence-electron chi connectivity index (χ4n) is 3.26. The Morgan fingerprint density at radius 2 is 1.79 bits per heavy atom. The number of aromatic nitrogens is 3. The zero-order chi connectivity index (χ0) is 20.8. The molecule has 154 valence electrons. The van der Waals surface area contributed by atoms with E-state index in [1.807, 2.05) is 13.8 Å². The Bertz CT molecular complexity index is 840. The number of carbonyl (C=O) groups excluding carboxylic acids is 2. The van der Waals surface area contributed by atoms with Crippen LogP contribution in [-0.2, 0) is 4.79 Å². The minimum Gasteiger partial charge on any atom is -0.339 e. The number of anilines is 1. The third-order valence-electron chi connectivity index (χ3n) is 4.69. The van der Waals surface area contributed by atoms with E-state index in [-0.39, 0.29) is 17.5 Å². The molecular formula is C20H25ClN6O2. The summed E-state index contributed by atoms with van der Waals surface area (Å²) in [5.74, 6) is 0.430. The molecule has 0 aliphatic carbocycles. The Labute approximate surface area is 175 Å². The number of pyridine rings is 1. The molecule has 3 heterocycles. The topological polar surface area (TPSA) is 91.3 Å². The number of nitrogens with one attached hydrogen (secondary N) is 1. The summed E-state index contributed by atoms with van der Waals surface area (Å²) in [7, 11) is 0. The van der Waals surface area contributed by atoms with Crippen LogP contribution in [0.25, 0.3) is 0 Å². The van der Waals surface area contributed by atoms with Crippen molar-refractivity contribution in [2.45, 2.75) is 26.3 Å². The minimum absolute atomic E-state index is 0.0808. The van der Waals surface area contributed by atoms with Crippen molar-refractivity contribution in [3.8, 4) is 0 Å². The molecule has 2 aromatic rings. The van der Waals surface area contributed by atoms with Crippen LogP contribution in [0.3, 0.4) is 0 Å². The summed E-state index contributed by atoms with van der Waals surface area (Å²) >= 11 is 5.95. The van der Waals surface area contributed by atoms with Gasteiger partial charge in [-0.25, -0.2) is 9.97 Å². The van der Waals surface area contributed by atoms with E-state index in [0.29, 0.717) is 43.6 Å². The number of amides is 2. The van der Waals surface area contributed by atoms with Crippen LogP contribution in [0.5, 0.6) is 0 Å². The Morgan fingerprint density at radius 1 is 1.10 bits per heavy atom. The van der Waals surface area contributed by atoms with Crippen LogP contribution < -0.4 is 10.2 Å². The lowest BCUT2D eigenvalue weighted by Gasteiger charge is -2.36. The highest BCUT2D eigenvalue weighted by Crippen LogP contribution is 2.14. The largest absolute Gasteiger partial charge is 0.339 e. The maximum atomic E-state index is 13.1. The Kier molecular flexibility index (Phi) is 6.98. The molecule has 0 spiro atoms. The Hall–Kier alpha value is -2.74. The molecule has 1 atom stereocenters. The summed E-state index contributed by atoms with van der Waals surface area (Å²) in [6.45, 7) is 6.44. The minimum atomic E-state index is -0.609. The number of piperazine rings is 1. The molecule has 0 saturated carbocycles. The van der Waals surface area contributed by atoms with Gasteiger partial charge >= 0.3 is 0 Å². The molecule has 29 heavy (non-hydrogen) atoms. The smallest absolute Gasteiger partial charge is 0.270 e. The Morgan fingerprint density at radius 3 is 2.41 bits per heavy atom. The molecule has 0 aromatic carbocycles. The molecular weight excluding hydrogens is 392 g/mol. The van der Waals surface area contributed by atoms with Gasteiger partial charge in [-0.1, -0.05) is 25.4 Å². The van der Waals surface area contributed by atoms with Gasteiger partial charge in [-0.15, -0.1) is 0 Å². The van der Waals surface area contributed by atoms with Crippen molar-refractivity contribution in [3.63, 3.8) is 0 Å². The van der Waals surface area contributed by atoms with Crippen molar-refractivity contribution in [2.24, 2.45) is 5.92 Å². The molecule has 3 rings (SSSR count). The molecule has 1 saturated heterocycles. The zero-order valence-corrected chi connectivity index (χ0v) is 17.3. The molecule has 0 radical (unpaired) electrons. The van der Waals surface area contributed by atoms with Crippen molar-refractivity contribution < 1.29 is 9.59 Å². The van der Waals surface area contributed by atoms with Crippen LogP contribution in [0.4, 0.5) is 5.95 Å². The van der Waals surface area contributed by atoms with Gasteiger partial charge in [0.1, 0.15) is 11.7 Å². The van der Waals surface area contributed by atoms with Gasteiger partial charge in [-0.2, -0.15) is 0 Å². The normalized spacial score (nSPS) is 15.3. The van der Waals surface area contributed by atoms with Gasteiger partial charge in [0.2, 0.25) is 11.9 Å². The third kappa shape index (κ3) is 5.63. The number of hydrogen-bond donors (Lipinski definition) is 1. The fraction of sp³-hybridized carbons (Fsp3) is 0.450. The number of halogens is 1. The van der Waals surface area contributed by atoms with Gasteiger partial charge in [-0.05, 0) is 30.5 Å². The average Bonchev–Trinajstić information content (AvgIpc) is 2.73. The average molecular weight is 417 g/mol. The van der Waals surface area contributed by atoms with Crippen LogP contribution >= 0.6 is 11.6 Å². The molecule has 0 bridgehead atoms. The monoisotopic (exact) mass is 416 g/mol. The van der Waals surface area contributed by atoms with Crippen molar-refractivity contribution in [1.82, 2.24) is 25.2 Å². The SMILES string of the molecule is CC(C)C[C@@H](NC(=O)c1cc(Cl)ccn1)C(=O)N1CCN(c2ncccn2)CC1. The van der Waals surface area contributed by atoms with E-state index in [2.05, 4.69) is 25.2 Å². The van der Waals surface area contributed by atoms with Crippen molar-refractivity contribution in [1.29, 1.82) is 0 Å². The van der Waals surface area contributed by atoms with Gasteiger partial charge in [0.15, 0.2) is 0 Å². The van der Waals surface area contributed by atoms with Crippen molar-refractivity contribution >= 4 is 29.4 Å². The first kappa shape index (κ1) is 21.0. The predicted molar refractivity (Wildman–Crippen MR) is 111 cm³/mol. The van der Waals surface area contributed by atoms with E-state index in [9.17, 15) is 9.59 Å². The molecule has 1 aliphatic heterocycles. The molecule has 2 amide bonds. The van der Waals surface area contributed by atoms with Gasteiger partial charge in [0.25, 0.3) is 5.91 Å². The number of hydrogen-bond acceptors (Lipinski definition) is 6. The summed E-state index contributed by atoms with van der Waals surface area (Å²) in [6, 6.07) is 4.26. The van der Waals surface area contributed by atoms with Crippen molar-refractivity contribution in [3.05, 3.63) is 47.5 Å². The van der Waals surface area contributed by atoms with Crippen LogP contribution in [0.15, 0.2) is 36.8 Å². The zero-order valence-electron chi connectivity index (χ0n) is 16.6. The molecule has 0 unspecified atom stereocenters. The molecule has 9 heteroatoms. The molecule has 1 fully saturated rings. The molecule has 1 N–H and O–H groups in total. The van der Waals surface area contributed by atoms with Crippen LogP contribution in [-0.4, -0.2) is 63.9 Å². The second-order valence-electron chi connectivity index (χ2n) is 7.38.